The van der Waals surface area contributed by atoms with Gasteiger partial charge >= 0.3 is 12.4 Å². The molecule has 184 valence electrons. The van der Waals surface area contributed by atoms with E-state index in [0.717, 1.165) is 24.3 Å². The van der Waals surface area contributed by atoms with Crippen LogP contribution in [0.3, 0.4) is 0 Å². The fraction of sp³-hybridized carbons (Fsp3) is 0.273. The van der Waals surface area contributed by atoms with E-state index in [-0.39, 0.29) is 41.5 Å². The lowest BCUT2D eigenvalue weighted by Crippen LogP contribution is -2.12. The van der Waals surface area contributed by atoms with Crippen LogP contribution in [0.4, 0.5) is 43.9 Å². The van der Waals surface area contributed by atoms with Crippen LogP contribution in [-0.2, 0) is 12.4 Å². The Morgan fingerprint density at radius 1 is 0.829 bits per heavy atom. The van der Waals surface area contributed by atoms with E-state index in [0.29, 0.717) is 19.4 Å². The highest BCUT2D eigenvalue weighted by Crippen LogP contribution is 2.35. The van der Waals surface area contributed by atoms with Gasteiger partial charge in [0.1, 0.15) is 23.7 Å². The van der Waals surface area contributed by atoms with Crippen molar-refractivity contribution in [3.05, 3.63) is 59.8 Å². The normalized spacial score (nSPS) is 15.6. The molecule has 13 heteroatoms. The van der Waals surface area contributed by atoms with Crippen LogP contribution in [-0.4, -0.2) is 33.1 Å². The number of hydrogen-bond acceptors (Lipinski definition) is 7. The molecular weight excluding hydrogens is 478 g/mol. The quantitative estimate of drug-likeness (QED) is 0.323. The summed E-state index contributed by atoms with van der Waals surface area (Å²) in [5, 5.41) is 5.62. The van der Waals surface area contributed by atoms with Crippen LogP contribution in [0.1, 0.15) is 24.1 Å². The maximum Gasteiger partial charge on any atom is 0.433 e. The van der Waals surface area contributed by atoms with Crippen molar-refractivity contribution in [2.75, 3.05) is 23.8 Å². The van der Waals surface area contributed by atoms with Gasteiger partial charge in [0, 0.05) is 18.3 Å². The van der Waals surface area contributed by atoms with Crippen LogP contribution in [0, 0.1) is 0 Å². The highest BCUT2D eigenvalue weighted by molar-refractivity contribution is 5.61. The van der Waals surface area contributed by atoms with Gasteiger partial charge in [-0.1, -0.05) is 18.2 Å². The van der Waals surface area contributed by atoms with Gasteiger partial charge in [-0.3, -0.25) is 0 Å². The summed E-state index contributed by atoms with van der Waals surface area (Å²) >= 11 is 0. The van der Waals surface area contributed by atoms with Gasteiger partial charge in [-0.2, -0.15) is 41.3 Å². The Labute approximate surface area is 195 Å². The van der Waals surface area contributed by atoms with E-state index in [4.69, 9.17) is 4.74 Å². The number of alkyl halides is 6. The molecule has 4 bridgehead atoms. The van der Waals surface area contributed by atoms with Gasteiger partial charge in [0.05, 0.1) is 5.56 Å². The zero-order chi connectivity index (χ0) is 25.1. The van der Waals surface area contributed by atoms with Gasteiger partial charge in [0.2, 0.25) is 11.9 Å². The zero-order valence-electron chi connectivity index (χ0n) is 17.9. The standard InChI is InChI=1S/C22H18F6N6O/c23-21(24,25)13-10-14-12-15(11-13)35-9-4-2-1-3-8-29-19-32-18(33-20(30-14)34-19)16-6-5-7-17(31-16)22(26,27)28/h2,4-7,10-12H,1,3,8-9H2,(H2,29,30,32,33,34)/b4-2-. The van der Waals surface area contributed by atoms with Gasteiger partial charge < -0.3 is 15.4 Å². The maximum absolute atomic E-state index is 13.4. The largest absolute Gasteiger partial charge is 0.489 e. The highest BCUT2D eigenvalue weighted by atomic mass is 19.4. The van der Waals surface area contributed by atoms with Gasteiger partial charge in [0.25, 0.3) is 0 Å². The van der Waals surface area contributed by atoms with Crippen LogP contribution in [0.2, 0.25) is 0 Å². The molecule has 0 fully saturated rings. The molecular formula is C22H18F6N6O. The zero-order valence-corrected chi connectivity index (χ0v) is 17.9. The molecule has 0 unspecified atom stereocenters. The average molecular weight is 496 g/mol. The van der Waals surface area contributed by atoms with Crippen molar-refractivity contribution in [3.8, 4) is 17.3 Å². The van der Waals surface area contributed by atoms with Crippen LogP contribution in [0.5, 0.6) is 5.75 Å². The van der Waals surface area contributed by atoms with E-state index >= 15 is 0 Å². The van der Waals surface area contributed by atoms with E-state index in [1.165, 1.54) is 12.1 Å². The van der Waals surface area contributed by atoms with E-state index in [1.54, 1.807) is 6.08 Å². The third-order valence-corrected chi connectivity index (χ3v) is 4.74. The molecule has 2 aromatic heterocycles. The van der Waals surface area contributed by atoms with Crippen molar-refractivity contribution in [3.63, 3.8) is 0 Å². The summed E-state index contributed by atoms with van der Waals surface area (Å²) in [4.78, 5) is 16.0. The van der Waals surface area contributed by atoms with E-state index in [2.05, 4.69) is 30.6 Å². The van der Waals surface area contributed by atoms with Gasteiger partial charge in [-0.25, -0.2) is 4.98 Å². The Kier molecular flexibility index (Phi) is 6.76. The summed E-state index contributed by atoms with van der Waals surface area (Å²) in [6.45, 7) is 0.501. The van der Waals surface area contributed by atoms with Gasteiger partial charge in [-0.05, 0) is 37.1 Å². The molecule has 1 aliphatic rings. The maximum atomic E-state index is 13.4. The summed E-state index contributed by atoms with van der Waals surface area (Å²) in [5.74, 6) is -0.383. The van der Waals surface area contributed by atoms with Crippen molar-refractivity contribution in [2.24, 2.45) is 0 Å². The number of nitrogens with one attached hydrogen (secondary N) is 2. The van der Waals surface area contributed by atoms with Gasteiger partial charge in [0.15, 0.2) is 5.82 Å². The Balaban J connectivity index is 1.78. The van der Waals surface area contributed by atoms with E-state index < -0.39 is 23.6 Å². The molecule has 1 aromatic carbocycles. The molecule has 0 spiro atoms. The number of anilines is 3. The third kappa shape index (κ3) is 6.37. The minimum atomic E-state index is -4.68. The SMILES string of the molecule is FC(F)(F)c1cc2cc(c1)OC/C=C\CCCNc1nc(nc(-c3cccc(C(F)(F)F)n3)n1)N2. The first-order valence-electron chi connectivity index (χ1n) is 10.4. The summed E-state index contributed by atoms with van der Waals surface area (Å²) in [5.41, 5.74) is -2.31. The predicted molar refractivity (Wildman–Crippen MR) is 115 cm³/mol. The number of pyridine rings is 1. The smallest absolute Gasteiger partial charge is 0.433 e. The van der Waals surface area contributed by atoms with E-state index in [1.807, 2.05) is 6.08 Å². The Morgan fingerprint density at radius 2 is 1.63 bits per heavy atom. The summed E-state index contributed by atoms with van der Waals surface area (Å²) in [7, 11) is 0. The van der Waals surface area contributed by atoms with E-state index in [9.17, 15) is 26.3 Å². The second-order valence-electron chi connectivity index (χ2n) is 7.43. The van der Waals surface area contributed by atoms with Crippen molar-refractivity contribution in [1.82, 2.24) is 19.9 Å². The number of ether oxygens (including phenoxy) is 1. The number of fused-ring (bicyclic) bond motifs is 4. The lowest BCUT2D eigenvalue weighted by molar-refractivity contribution is -0.141. The lowest BCUT2D eigenvalue weighted by Gasteiger charge is -2.14. The first-order chi connectivity index (χ1) is 16.6. The summed E-state index contributed by atoms with van der Waals surface area (Å²) in [6.07, 6.45) is -4.50. The molecule has 0 saturated carbocycles. The van der Waals surface area contributed by atoms with Crippen LogP contribution >= 0.6 is 0 Å². The van der Waals surface area contributed by atoms with Crippen molar-refractivity contribution >= 4 is 17.6 Å². The molecule has 7 nitrogen and oxygen atoms in total. The number of rotatable bonds is 1. The fourth-order valence-corrected chi connectivity index (χ4v) is 3.14. The first-order valence-corrected chi connectivity index (χ1v) is 10.4. The number of benzene rings is 1. The minimum absolute atomic E-state index is 0.0269. The topological polar surface area (TPSA) is 84.8 Å². The molecule has 3 aromatic rings. The molecule has 0 radical (unpaired) electrons. The molecule has 1 aliphatic heterocycles. The molecule has 0 saturated heterocycles. The van der Waals surface area contributed by atoms with Crippen molar-refractivity contribution < 1.29 is 31.1 Å². The summed E-state index contributed by atoms with van der Waals surface area (Å²) in [6, 6.07) is 6.31. The van der Waals surface area contributed by atoms with Crippen molar-refractivity contribution in [1.29, 1.82) is 0 Å². The van der Waals surface area contributed by atoms with Crippen molar-refractivity contribution in [2.45, 2.75) is 25.2 Å². The fourth-order valence-electron chi connectivity index (χ4n) is 3.14. The number of allylic oxidation sites excluding steroid dienone is 1. The minimum Gasteiger partial charge on any atom is -0.489 e. The highest BCUT2D eigenvalue weighted by Gasteiger charge is 2.33. The van der Waals surface area contributed by atoms with Crippen LogP contribution in [0.15, 0.2) is 48.6 Å². The number of nitrogens with zero attached hydrogens (tertiary/aromatic N) is 4. The molecule has 2 N–H and O–H groups in total. The molecule has 4 rings (SSSR count). The second kappa shape index (κ2) is 9.76. The number of hydrogen-bond donors (Lipinski definition) is 2. The lowest BCUT2D eigenvalue weighted by atomic mass is 10.2. The number of aromatic nitrogens is 4. The Hall–Kier alpha value is -3.90. The third-order valence-electron chi connectivity index (χ3n) is 4.74. The molecule has 0 atom stereocenters. The first kappa shape index (κ1) is 24.2. The predicted octanol–water partition coefficient (Wildman–Crippen LogP) is 5.86. The van der Waals surface area contributed by atoms with Gasteiger partial charge in [-0.15, -0.1) is 0 Å². The van der Waals surface area contributed by atoms with Crippen LogP contribution in [0.25, 0.3) is 11.5 Å². The molecule has 0 aliphatic carbocycles. The number of halogens is 6. The summed E-state index contributed by atoms with van der Waals surface area (Å²) < 4.78 is 85.1. The second-order valence-corrected chi connectivity index (χ2v) is 7.43. The monoisotopic (exact) mass is 496 g/mol. The molecule has 3 heterocycles. The van der Waals surface area contributed by atoms with Crippen LogP contribution < -0.4 is 15.4 Å². The molecule has 35 heavy (non-hydrogen) atoms. The Morgan fingerprint density at radius 3 is 2.40 bits per heavy atom. The molecule has 0 amide bonds. The average Bonchev–Trinajstić information content (AvgIpc) is 2.79. The Bertz CT molecular complexity index is 1230.